The Morgan fingerprint density at radius 3 is 2.43 bits per heavy atom. The van der Waals surface area contributed by atoms with E-state index in [1.54, 1.807) is 0 Å². The van der Waals surface area contributed by atoms with Crippen LogP contribution in [0, 0.1) is 0 Å². The summed E-state index contributed by atoms with van der Waals surface area (Å²) in [5.41, 5.74) is 0.496. The summed E-state index contributed by atoms with van der Waals surface area (Å²) in [7, 11) is 1.88. The number of likely N-dealkylation sites (N-methyl/N-ethyl adjacent to an activating group) is 1. The molecule has 2 rings (SSSR count). The van der Waals surface area contributed by atoms with Crippen LogP contribution in [-0.4, -0.2) is 29.5 Å². The van der Waals surface area contributed by atoms with E-state index in [9.17, 15) is 5.11 Å². The predicted molar refractivity (Wildman–Crippen MR) is 92.1 cm³/mol. The lowest BCUT2D eigenvalue weighted by Gasteiger charge is -2.30. The summed E-state index contributed by atoms with van der Waals surface area (Å²) < 4.78 is 0. The molecule has 1 aromatic carbocycles. The van der Waals surface area contributed by atoms with Gasteiger partial charge in [-0.05, 0) is 44.5 Å². The molecule has 2 atom stereocenters. The van der Waals surface area contributed by atoms with Crippen molar-refractivity contribution in [2.45, 2.75) is 67.6 Å². The smallest absolute Gasteiger partial charge is 0.0808 e. The van der Waals surface area contributed by atoms with Crippen LogP contribution in [-0.2, 0) is 0 Å². The Morgan fingerprint density at radius 2 is 1.86 bits per heavy atom. The summed E-state index contributed by atoms with van der Waals surface area (Å²) in [5.74, 6) is 0.124. The van der Waals surface area contributed by atoms with Gasteiger partial charge in [0.05, 0.1) is 5.60 Å². The third kappa shape index (κ3) is 4.73. The summed E-state index contributed by atoms with van der Waals surface area (Å²) in [6, 6.07) is 8.81. The van der Waals surface area contributed by atoms with Crippen LogP contribution in [0.4, 0.5) is 0 Å². The molecule has 0 spiro atoms. The summed E-state index contributed by atoms with van der Waals surface area (Å²) in [4.78, 5) is 1.37. The van der Waals surface area contributed by atoms with E-state index in [1.807, 2.05) is 25.7 Å². The zero-order chi connectivity index (χ0) is 15.3. The standard InChI is InChI=1S/C18H29NOS/c1-14(18(2,20)13-19-3)15-9-11-17(12-10-15)21-16-7-5-4-6-8-16/h9-12,14,16,19-20H,4-8,13H2,1-3H3. The van der Waals surface area contributed by atoms with Gasteiger partial charge in [0.25, 0.3) is 0 Å². The Hall–Kier alpha value is -0.510. The highest BCUT2D eigenvalue weighted by molar-refractivity contribution is 8.00. The van der Waals surface area contributed by atoms with Crippen LogP contribution in [0.3, 0.4) is 0 Å². The van der Waals surface area contributed by atoms with Gasteiger partial charge in [-0.15, -0.1) is 11.8 Å². The van der Waals surface area contributed by atoms with Crippen LogP contribution in [0.25, 0.3) is 0 Å². The van der Waals surface area contributed by atoms with Crippen molar-refractivity contribution in [1.29, 1.82) is 0 Å². The van der Waals surface area contributed by atoms with E-state index in [2.05, 4.69) is 36.5 Å². The summed E-state index contributed by atoms with van der Waals surface area (Å²) >= 11 is 2.03. The maximum Gasteiger partial charge on any atom is 0.0808 e. The molecule has 21 heavy (non-hydrogen) atoms. The highest BCUT2D eigenvalue weighted by Gasteiger charge is 2.28. The van der Waals surface area contributed by atoms with Crippen molar-refractivity contribution in [2.75, 3.05) is 13.6 Å². The van der Waals surface area contributed by atoms with Crippen molar-refractivity contribution in [3.8, 4) is 0 Å². The minimum absolute atomic E-state index is 0.124. The van der Waals surface area contributed by atoms with Crippen LogP contribution in [0.5, 0.6) is 0 Å². The molecular formula is C18H29NOS. The first kappa shape index (κ1) is 16.9. The minimum atomic E-state index is -0.715. The number of hydrogen-bond donors (Lipinski definition) is 2. The van der Waals surface area contributed by atoms with Gasteiger partial charge in [-0.3, -0.25) is 0 Å². The lowest BCUT2D eigenvalue weighted by molar-refractivity contribution is 0.0382. The van der Waals surface area contributed by atoms with Gasteiger partial charge >= 0.3 is 0 Å². The van der Waals surface area contributed by atoms with Gasteiger partial charge in [0.2, 0.25) is 0 Å². The van der Waals surface area contributed by atoms with Crippen molar-refractivity contribution >= 4 is 11.8 Å². The van der Waals surface area contributed by atoms with Gasteiger partial charge in [-0.2, -0.15) is 0 Å². The van der Waals surface area contributed by atoms with E-state index >= 15 is 0 Å². The molecule has 2 unspecified atom stereocenters. The second-order valence-electron chi connectivity index (χ2n) is 6.56. The quantitative estimate of drug-likeness (QED) is 0.826. The highest BCUT2D eigenvalue weighted by atomic mass is 32.2. The first-order valence-corrected chi connectivity index (χ1v) is 9.04. The molecule has 0 radical (unpaired) electrons. The van der Waals surface area contributed by atoms with Crippen LogP contribution in [0.1, 0.15) is 57.4 Å². The van der Waals surface area contributed by atoms with Crippen molar-refractivity contribution < 1.29 is 5.11 Å². The zero-order valence-corrected chi connectivity index (χ0v) is 14.4. The number of nitrogens with one attached hydrogen (secondary N) is 1. The number of rotatable bonds is 6. The van der Waals surface area contributed by atoms with Crippen molar-refractivity contribution in [3.63, 3.8) is 0 Å². The number of thioether (sulfide) groups is 1. The van der Waals surface area contributed by atoms with Crippen molar-refractivity contribution in [1.82, 2.24) is 5.32 Å². The largest absolute Gasteiger partial charge is 0.388 e. The van der Waals surface area contributed by atoms with E-state index in [1.165, 1.54) is 42.6 Å². The second-order valence-corrected chi connectivity index (χ2v) is 7.93. The van der Waals surface area contributed by atoms with E-state index < -0.39 is 5.60 Å². The molecule has 0 bridgehead atoms. The third-order valence-electron chi connectivity index (χ3n) is 4.70. The Bertz CT molecular complexity index is 423. The average Bonchev–Trinajstić information content (AvgIpc) is 2.48. The van der Waals surface area contributed by atoms with E-state index in [0.717, 1.165) is 5.25 Å². The summed E-state index contributed by atoms with van der Waals surface area (Å²) in [6.07, 6.45) is 6.91. The molecule has 0 heterocycles. The highest BCUT2D eigenvalue weighted by Crippen LogP contribution is 2.35. The SMILES string of the molecule is CNCC(C)(O)C(C)c1ccc(SC2CCCCC2)cc1. The average molecular weight is 308 g/mol. The zero-order valence-electron chi connectivity index (χ0n) is 13.6. The minimum Gasteiger partial charge on any atom is -0.388 e. The molecule has 1 fully saturated rings. The Balaban J connectivity index is 1.97. The van der Waals surface area contributed by atoms with Crippen molar-refractivity contribution in [2.24, 2.45) is 0 Å². The molecule has 0 aliphatic heterocycles. The molecule has 2 nitrogen and oxygen atoms in total. The molecule has 2 N–H and O–H groups in total. The fraction of sp³-hybridized carbons (Fsp3) is 0.667. The maximum absolute atomic E-state index is 10.5. The van der Waals surface area contributed by atoms with Crippen LogP contribution >= 0.6 is 11.8 Å². The summed E-state index contributed by atoms with van der Waals surface area (Å²) in [6.45, 7) is 4.60. The third-order valence-corrected chi connectivity index (χ3v) is 6.05. The molecule has 0 amide bonds. The molecule has 0 aromatic heterocycles. The Kier molecular flexibility index (Phi) is 6.15. The fourth-order valence-electron chi connectivity index (χ4n) is 3.08. The maximum atomic E-state index is 10.5. The molecular weight excluding hydrogens is 278 g/mol. The Labute approximate surface area is 133 Å². The van der Waals surface area contributed by atoms with E-state index in [0.29, 0.717) is 6.54 Å². The van der Waals surface area contributed by atoms with Gasteiger partial charge in [-0.25, -0.2) is 0 Å². The van der Waals surface area contributed by atoms with Crippen LogP contribution in [0.15, 0.2) is 29.2 Å². The Morgan fingerprint density at radius 1 is 1.24 bits per heavy atom. The first-order chi connectivity index (χ1) is 10.0. The summed E-state index contributed by atoms with van der Waals surface area (Å²) in [5, 5.41) is 14.4. The predicted octanol–water partition coefficient (Wildman–Crippen LogP) is 4.19. The van der Waals surface area contributed by atoms with Gasteiger partial charge < -0.3 is 10.4 Å². The van der Waals surface area contributed by atoms with Gasteiger partial charge in [0.15, 0.2) is 0 Å². The van der Waals surface area contributed by atoms with Crippen LogP contribution < -0.4 is 5.32 Å². The van der Waals surface area contributed by atoms with Crippen molar-refractivity contribution in [3.05, 3.63) is 29.8 Å². The lowest BCUT2D eigenvalue weighted by Crippen LogP contribution is -2.40. The van der Waals surface area contributed by atoms with Gasteiger partial charge in [0.1, 0.15) is 0 Å². The molecule has 1 aliphatic carbocycles. The monoisotopic (exact) mass is 307 g/mol. The first-order valence-electron chi connectivity index (χ1n) is 8.16. The molecule has 0 saturated heterocycles. The molecule has 1 aromatic rings. The molecule has 118 valence electrons. The number of benzene rings is 1. The van der Waals surface area contributed by atoms with Crippen LogP contribution in [0.2, 0.25) is 0 Å². The molecule has 1 aliphatic rings. The topological polar surface area (TPSA) is 32.3 Å². The van der Waals surface area contributed by atoms with Gasteiger partial charge in [-0.1, -0.05) is 38.3 Å². The normalized spacial score (nSPS) is 21.0. The van der Waals surface area contributed by atoms with E-state index in [4.69, 9.17) is 0 Å². The number of hydrogen-bond acceptors (Lipinski definition) is 3. The van der Waals surface area contributed by atoms with Gasteiger partial charge in [0, 0.05) is 22.6 Å². The number of aliphatic hydroxyl groups is 1. The lowest BCUT2D eigenvalue weighted by atomic mass is 9.85. The van der Waals surface area contributed by atoms with E-state index in [-0.39, 0.29) is 5.92 Å². The fourth-order valence-corrected chi connectivity index (χ4v) is 4.33. The molecule has 3 heteroatoms. The molecule has 1 saturated carbocycles. The second kappa shape index (κ2) is 7.66.